The Labute approximate surface area is 96.6 Å². The van der Waals surface area contributed by atoms with Crippen LogP contribution in [0.3, 0.4) is 0 Å². The number of hydrogen-bond donors (Lipinski definition) is 0. The SMILES string of the molecule is CC1CN(C(=O)N2CCCCC2)CCC1=O. The number of Topliss-reactive ketones (excluding diaryl/α,β-unsaturated/α-hetero) is 1. The molecule has 0 N–H and O–H groups in total. The third kappa shape index (κ3) is 2.36. The average molecular weight is 224 g/mol. The maximum absolute atomic E-state index is 12.1. The minimum atomic E-state index is 0.0162. The minimum absolute atomic E-state index is 0.0162. The molecule has 1 unspecified atom stereocenters. The van der Waals surface area contributed by atoms with E-state index in [9.17, 15) is 9.59 Å². The monoisotopic (exact) mass is 224 g/mol. The Bertz CT molecular complexity index is 285. The summed E-state index contributed by atoms with van der Waals surface area (Å²) in [5.74, 6) is 0.310. The zero-order valence-corrected chi connectivity index (χ0v) is 9.95. The summed E-state index contributed by atoms with van der Waals surface area (Å²) in [6, 6.07) is 0.138. The second kappa shape index (κ2) is 4.85. The van der Waals surface area contributed by atoms with E-state index in [2.05, 4.69) is 0 Å². The fourth-order valence-corrected chi connectivity index (χ4v) is 2.47. The standard InChI is InChI=1S/C12H20N2O2/c1-10-9-14(8-5-11(10)15)12(16)13-6-3-2-4-7-13/h10H,2-9H2,1H3. The van der Waals surface area contributed by atoms with Crippen molar-refractivity contribution in [2.75, 3.05) is 26.2 Å². The number of amides is 2. The highest BCUT2D eigenvalue weighted by Crippen LogP contribution is 2.16. The summed E-state index contributed by atoms with van der Waals surface area (Å²) in [7, 11) is 0. The van der Waals surface area contributed by atoms with Gasteiger partial charge in [0.05, 0.1) is 0 Å². The molecular formula is C12H20N2O2. The van der Waals surface area contributed by atoms with Gasteiger partial charge < -0.3 is 9.80 Å². The van der Waals surface area contributed by atoms with E-state index in [1.165, 1.54) is 6.42 Å². The molecule has 0 bridgehead atoms. The van der Waals surface area contributed by atoms with E-state index >= 15 is 0 Å². The quantitative estimate of drug-likeness (QED) is 0.625. The molecule has 0 aromatic rings. The largest absolute Gasteiger partial charge is 0.325 e. The summed E-state index contributed by atoms with van der Waals surface area (Å²) in [4.78, 5) is 27.3. The second-order valence-electron chi connectivity index (χ2n) is 4.89. The van der Waals surface area contributed by atoms with Crippen LogP contribution in [0.2, 0.25) is 0 Å². The summed E-state index contributed by atoms with van der Waals surface area (Å²) in [6.45, 7) is 4.90. The smallest absolute Gasteiger partial charge is 0.320 e. The molecule has 2 aliphatic heterocycles. The van der Waals surface area contributed by atoms with Gasteiger partial charge >= 0.3 is 6.03 Å². The minimum Gasteiger partial charge on any atom is -0.325 e. The van der Waals surface area contributed by atoms with Crippen LogP contribution < -0.4 is 0 Å². The fourth-order valence-electron chi connectivity index (χ4n) is 2.47. The predicted molar refractivity (Wildman–Crippen MR) is 61.2 cm³/mol. The number of urea groups is 1. The van der Waals surface area contributed by atoms with Crippen molar-refractivity contribution < 1.29 is 9.59 Å². The lowest BCUT2D eigenvalue weighted by atomic mass is 9.99. The lowest BCUT2D eigenvalue weighted by Gasteiger charge is -2.36. The zero-order valence-electron chi connectivity index (χ0n) is 9.95. The first kappa shape index (κ1) is 11.4. The van der Waals surface area contributed by atoms with Crippen LogP contribution in [0.1, 0.15) is 32.6 Å². The number of piperidine rings is 2. The molecule has 2 saturated heterocycles. The number of ketones is 1. The molecule has 4 nitrogen and oxygen atoms in total. The summed E-state index contributed by atoms with van der Waals surface area (Å²) < 4.78 is 0. The van der Waals surface area contributed by atoms with Crippen LogP contribution in [0.4, 0.5) is 4.79 Å². The van der Waals surface area contributed by atoms with E-state index in [0.717, 1.165) is 25.9 Å². The van der Waals surface area contributed by atoms with Crippen LogP contribution in [-0.4, -0.2) is 47.8 Å². The van der Waals surface area contributed by atoms with Crippen molar-refractivity contribution in [3.63, 3.8) is 0 Å². The summed E-state index contributed by atoms with van der Waals surface area (Å²) in [6.07, 6.45) is 4.00. The summed E-state index contributed by atoms with van der Waals surface area (Å²) >= 11 is 0. The third-order valence-corrected chi connectivity index (χ3v) is 3.57. The molecule has 0 aromatic heterocycles. The Hall–Kier alpha value is -1.06. The molecule has 0 aromatic carbocycles. The lowest BCUT2D eigenvalue weighted by Crippen LogP contribution is -2.50. The second-order valence-corrected chi connectivity index (χ2v) is 4.89. The molecule has 0 aliphatic carbocycles. The van der Waals surface area contributed by atoms with Gasteiger partial charge in [0.2, 0.25) is 0 Å². The van der Waals surface area contributed by atoms with Crippen LogP contribution in [0, 0.1) is 5.92 Å². The van der Waals surface area contributed by atoms with Gasteiger partial charge in [0.25, 0.3) is 0 Å². The molecule has 2 amide bonds. The summed E-state index contributed by atoms with van der Waals surface area (Å²) in [5, 5.41) is 0. The van der Waals surface area contributed by atoms with Crippen molar-refractivity contribution in [3.8, 4) is 0 Å². The Morgan fingerprint density at radius 1 is 1.12 bits per heavy atom. The number of likely N-dealkylation sites (tertiary alicyclic amines) is 2. The van der Waals surface area contributed by atoms with Gasteiger partial charge in [-0.25, -0.2) is 4.79 Å². The maximum atomic E-state index is 12.1. The molecule has 2 rings (SSSR count). The topological polar surface area (TPSA) is 40.6 Å². The fraction of sp³-hybridized carbons (Fsp3) is 0.833. The van der Waals surface area contributed by atoms with E-state index in [1.807, 2.05) is 16.7 Å². The van der Waals surface area contributed by atoms with Crippen molar-refractivity contribution in [2.24, 2.45) is 5.92 Å². The number of hydrogen-bond acceptors (Lipinski definition) is 2. The van der Waals surface area contributed by atoms with Gasteiger partial charge in [0.1, 0.15) is 5.78 Å². The van der Waals surface area contributed by atoms with Crippen LogP contribution in [0.15, 0.2) is 0 Å². The highest BCUT2D eigenvalue weighted by Gasteiger charge is 2.29. The zero-order chi connectivity index (χ0) is 11.5. The number of carbonyl (C=O) groups excluding carboxylic acids is 2. The predicted octanol–water partition coefficient (Wildman–Crippen LogP) is 1.50. The normalized spacial score (nSPS) is 27.1. The molecule has 0 spiro atoms. The average Bonchev–Trinajstić information content (AvgIpc) is 2.33. The van der Waals surface area contributed by atoms with E-state index < -0.39 is 0 Å². The van der Waals surface area contributed by atoms with Crippen molar-refractivity contribution in [1.82, 2.24) is 9.80 Å². The number of rotatable bonds is 0. The van der Waals surface area contributed by atoms with E-state index in [0.29, 0.717) is 25.3 Å². The molecule has 16 heavy (non-hydrogen) atoms. The van der Waals surface area contributed by atoms with Gasteiger partial charge in [0.15, 0.2) is 0 Å². The molecule has 2 heterocycles. The number of nitrogens with zero attached hydrogens (tertiary/aromatic N) is 2. The van der Waals surface area contributed by atoms with Crippen LogP contribution in [0.5, 0.6) is 0 Å². The first-order chi connectivity index (χ1) is 7.68. The molecule has 90 valence electrons. The van der Waals surface area contributed by atoms with Crippen molar-refractivity contribution in [2.45, 2.75) is 32.6 Å². The van der Waals surface area contributed by atoms with E-state index in [1.54, 1.807) is 0 Å². The van der Waals surface area contributed by atoms with Gasteiger partial charge in [-0.05, 0) is 19.3 Å². The molecule has 4 heteroatoms. The third-order valence-electron chi connectivity index (χ3n) is 3.57. The molecule has 2 aliphatic rings. The van der Waals surface area contributed by atoms with E-state index in [4.69, 9.17) is 0 Å². The van der Waals surface area contributed by atoms with Gasteiger partial charge in [-0.3, -0.25) is 4.79 Å². The molecule has 2 fully saturated rings. The van der Waals surface area contributed by atoms with Gasteiger partial charge in [-0.1, -0.05) is 6.92 Å². The molecule has 0 radical (unpaired) electrons. The first-order valence-corrected chi connectivity index (χ1v) is 6.25. The Morgan fingerprint density at radius 3 is 2.44 bits per heavy atom. The summed E-state index contributed by atoms with van der Waals surface area (Å²) in [5.41, 5.74) is 0. The molecule has 1 atom stereocenters. The Morgan fingerprint density at radius 2 is 1.81 bits per heavy atom. The lowest BCUT2D eigenvalue weighted by molar-refractivity contribution is -0.124. The van der Waals surface area contributed by atoms with Crippen molar-refractivity contribution >= 4 is 11.8 Å². The Balaban J connectivity index is 1.91. The molecular weight excluding hydrogens is 204 g/mol. The van der Waals surface area contributed by atoms with Crippen molar-refractivity contribution in [3.05, 3.63) is 0 Å². The van der Waals surface area contributed by atoms with Crippen molar-refractivity contribution in [1.29, 1.82) is 0 Å². The maximum Gasteiger partial charge on any atom is 0.320 e. The Kier molecular flexibility index (Phi) is 3.46. The van der Waals surface area contributed by atoms with Gasteiger partial charge in [-0.15, -0.1) is 0 Å². The van der Waals surface area contributed by atoms with Crippen LogP contribution in [0.25, 0.3) is 0 Å². The van der Waals surface area contributed by atoms with Crippen LogP contribution in [-0.2, 0) is 4.79 Å². The van der Waals surface area contributed by atoms with Crippen LogP contribution >= 0.6 is 0 Å². The highest BCUT2D eigenvalue weighted by molar-refractivity contribution is 5.84. The molecule has 0 saturated carbocycles. The highest BCUT2D eigenvalue weighted by atomic mass is 16.2. The van der Waals surface area contributed by atoms with Gasteiger partial charge in [-0.2, -0.15) is 0 Å². The number of carbonyl (C=O) groups is 2. The van der Waals surface area contributed by atoms with Gasteiger partial charge in [0, 0.05) is 38.5 Å². The van der Waals surface area contributed by atoms with E-state index in [-0.39, 0.29) is 11.9 Å². The first-order valence-electron chi connectivity index (χ1n) is 6.25.